The molecule has 2 aromatic rings. The van der Waals surface area contributed by atoms with Crippen LogP contribution in [0.2, 0.25) is 0 Å². The van der Waals surface area contributed by atoms with Crippen molar-refractivity contribution in [2.24, 2.45) is 0 Å². The topological polar surface area (TPSA) is 121 Å². The standard InChI is InChI=1S/C22H27N5O5S/c1-3-32-21(28)17-13-24-22(29)25-18(17)14-26-7-9-27(10-8-26)33(30,31)19-6-4-5-16-11-15(2)12-23-20(16)19/h4-6,11-12H,3,7-10,13-14H2,1-2H3,(H2,24,25,29). The van der Waals surface area contributed by atoms with Crippen molar-refractivity contribution in [3.8, 4) is 0 Å². The number of aromatic nitrogens is 1. The fourth-order valence-corrected chi connectivity index (χ4v) is 5.61. The van der Waals surface area contributed by atoms with Gasteiger partial charge in [-0.25, -0.2) is 18.0 Å². The molecule has 3 heterocycles. The molecule has 1 fully saturated rings. The van der Waals surface area contributed by atoms with Crippen LogP contribution < -0.4 is 10.6 Å². The molecule has 4 rings (SSSR count). The van der Waals surface area contributed by atoms with Gasteiger partial charge in [-0.2, -0.15) is 4.31 Å². The lowest BCUT2D eigenvalue weighted by Crippen LogP contribution is -2.52. The van der Waals surface area contributed by atoms with Gasteiger partial charge in [0.1, 0.15) is 4.90 Å². The summed E-state index contributed by atoms with van der Waals surface area (Å²) >= 11 is 0. The minimum atomic E-state index is -3.72. The Morgan fingerprint density at radius 2 is 1.97 bits per heavy atom. The molecule has 176 valence electrons. The van der Waals surface area contributed by atoms with Gasteiger partial charge in [-0.1, -0.05) is 12.1 Å². The average Bonchev–Trinajstić information content (AvgIpc) is 2.79. The minimum Gasteiger partial charge on any atom is -0.463 e. The smallest absolute Gasteiger partial charge is 0.337 e. The molecule has 0 radical (unpaired) electrons. The second-order valence-electron chi connectivity index (χ2n) is 8.01. The van der Waals surface area contributed by atoms with E-state index in [4.69, 9.17) is 4.74 Å². The molecule has 1 saturated heterocycles. The van der Waals surface area contributed by atoms with E-state index in [0.717, 1.165) is 10.9 Å². The first kappa shape index (κ1) is 23.1. The van der Waals surface area contributed by atoms with Gasteiger partial charge >= 0.3 is 12.0 Å². The largest absolute Gasteiger partial charge is 0.463 e. The van der Waals surface area contributed by atoms with Gasteiger partial charge in [-0.05, 0) is 31.5 Å². The number of pyridine rings is 1. The number of esters is 1. The maximum atomic E-state index is 13.4. The van der Waals surface area contributed by atoms with E-state index in [1.807, 2.05) is 24.0 Å². The van der Waals surface area contributed by atoms with E-state index < -0.39 is 16.0 Å². The molecule has 0 saturated carbocycles. The number of fused-ring (bicyclic) bond motifs is 1. The number of nitrogens with one attached hydrogen (secondary N) is 2. The number of piperazine rings is 1. The number of aryl methyl sites for hydroxylation is 1. The molecule has 1 aromatic heterocycles. The Morgan fingerprint density at radius 1 is 1.21 bits per heavy atom. The Bertz CT molecular complexity index is 1220. The van der Waals surface area contributed by atoms with Crippen LogP contribution in [0, 0.1) is 6.92 Å². The van der Waals surface area contributed by atoms with Crippen LogP contribution in [-0.2, 0) is 19.6 Å². The molecule has 2 amide bonds. The van der Waals surface area contributed by atoms with Gasteiger partial charge in [0.05, 0.1) is 24.2 Å². The third kappa shape index (κ3) is 4.85. The number of hydrogen-bond donors (Lipinski definition) is 2. The molecule has 10 nitrogen and oxygen atoms in total. The normalized spacial score (nSPS) is 18.2. The number of carbonyl (C=O) groups is 2. The van der Waals surface area contributed by atoms with Gasteiger partial charge in [0, 0.05) is 50.0 Å². The molecule has 0 spiro atoms. The van der Waals surface area contributed by atoms with Crippen molar-refractivity contribution in [2.45, 2.75) is 18.7 Å². The van der Waals surface area contributed by atoms with E-state index in [2.05, 4.69) is 15.6 Å². The van der Waals surface area contributed by atoms with Crippen molar-refractivity contribution >= 4 is 32.9 Å². The van der Waals surface area contributed by atoms with Crippen LogP contribution in [-0.4, -0.2) is 80.5 Å². The van der Waals surface area contributed by atoms with Gasteiger partial charge in [-0.15, -0.1) is 0 Å². The Morgan fingerprint density at radius 3 is 2.70 bits per heavy atom. The zero-order valence-corrected chi connectivity index (χ0v) is 19.4. The van der Waals surface area contributed by atoms with Gasteiger partial charge in [0.15, 0.2) is 0 Å². The van der Waals surface area contributed by atoms with Crippen molar-refractivity contribution < 1.29 is 22.7 Å². The Balaban J connectivity index is 1.48. The maximum Gasteiger partial charge on any atom is 0.337 e. The quantitative estimate of drug-likeness (QED) is 0.600. The van der Waals surface area contributed by atoms with E-state index in [1.165, 1.54) is 4.31 Å². The number of rotatable bonds is 6. The highest BCUT2D eigenvalue weighted by Gasteiger charge is 2.32. The third-order valence-electron chi connectivity index (χ3n) is 5.72. The summed E-state index contributed by atoms with van der Waals surface area (Å²) < 4.78 is 33.3. The van der Waals surface area contributed by atoms with Crippen LogP contribution in [0.4, 0.5) is 4.79 Å². The summed E-state index contributed by atoms with van der Waals surface area (Å²) in [4.78, 5) is 30.6. The molecular weight excluding hydrogens is 446 g/mol. The van der Waals surface area contributed by atoms with E-state index in [-0.39, 0.29) is 24.1 Å². The van der Waals surface area contributed by atoms with E-state index >= 15 is 0 Å². The fourth-order valence-electron chi connectivity index (χ4n) is 4.02. The van der Waals surface area contributed by atoms with Crippen LogP contribution in [0.3, 0.4) is 0 Å². The molecule has 0 aliphatic carbocycles. The monoisotopic (exact) mass is 473 g/mol. The predicted octanol–water partition coefficient (Wildman–Crippen LogP) is 0.980. The molecule has 0 bridgehead atoms. The number of sulfonamides is 1. The Labute approximate surface area is 192 Å². The summed E-state index contributed by atoms with van der Waals surface area (Å²) in [7, 11) is -3.72. The van der Waals surface area contributed by atoms with Crippen LogP contribution in [0.5, 0.6) is 0 Å². The number of amides is 2. The summed E-state index contributed by atoms with van der Waals surface area (Å²) in [6.07, 6.45) is 1.67. The fraction of sp³-hybridized carbons (Fsp3) is 0.409. The summed E-state index contributed by atoms with van der Waals surface area (Å²) in [6, 6.07) is 6.72. The first-order chi connectivity index (χ1) is 15.8. The Hall–Kier alpha value is -3.02. The van der Waals surface area contributed by atoms with Gasteiger partial charge in [0.25, 0.3) is 0 Å². The van der Waals surface area contributed by atoms with Crippen LogP contribution >= 0.6 is 0 Å². The van der Waals surface area contributed by atoms with Crippen LogP contribution in [0.1, 0.15) is 12.5 Å². The third-order valence-corrected chi connectivity index (χ3v) is 7.65. The maximum absolute atomic E-state index is 13.4. The van der Waals surface area contributed by atoms with Gasteiger partial charge in [0.2, 0.25) is 10.0 Å². The molecule has 2 N–H and O–H groups in total. The van der Waals surface area contributed by atoms with Crippen molar-refractivity contribution in [3.63, 3.8) is 0 Å². The summed E-state index contributed by atoms with van der Waals surface area (Å²) in [6.45, 7) is 5.80. The number of urea groups is 1. The number of nitrogens with zero attached hydrogens (tertiary/aromatic N) is 3. The summed E-state index contributed by atoms with van der Waals surface area (Å²) in [5.74, 6) is -0.472. The molecule has 0 atom stereocenters. The summed E-state index contributed by atoms with van der Waals surface area (Å²) in [5, 5.41) is 6.06. The second kappa shape index (κ2) is 9.46. The lowest BCUT2D eigenvalue weighted by molar-refractivity contribution is -0.138. The number of carbonyl (C=O) groups excluding carboxylic acids is 2. The second-order valence-corrected chi connectivity index (χ2v) is 9.91. The lowest BCUT2D eigenvalue weighted by Gasteiger charge is -2.35. The highest BCUT2D eigenvalue weighted by atomic mass is 32.2. The number of ether oxygens (including phenoxy) is 1. The first-order valence-corrected chi connectivity index (χ1v) is 12.3. The molecule has 11 heteroatoms. The van der Waals surface area contributed by atoms with Crippen molar-refractivity contribution in [1.29, 1.82) is 0 Å². The van der Waals surface area contributed by atoms with Crippen molar-refractivity contribution in [3.05, 3.63) is 47.3 Å². The highest BCUT2D eigenvalue weighted by molar-refractivity contribution is 7.89. The Kier molecular flexibility index (Phi) is 6.63. The number of benzene rings is 1. The molecular formula is C22H27N5O5S. The van der Waals surface area contributed by atoms with E-state index in [9.17, 15) is 18.0 Å². The minimum absolute atomic E-state index is 0.0991. The van der Waals surface area contributed by atoms with Crippen molar-refractivity contribution in [2.75, 3.05) is 45.9 Å². The van der Waals surface area contributed by atoms with Crippen LogP contribution in [0.25, 0.3) is 10.9 Å². The van der Waals surface area contributed by atoms with Crippen molar-refractivity contribution in [1.82, 2.24) is 24.8 Å². The highest BCUT2D eigenvalue weighted by Crippen LogP contribution is 2.25. The zero-order valence-electron chi connectivity index (χ0n) is 18.6. The SMILES string of the molecule is CCOC(=O)C1=C(CN2CCN(S(=O)(=O)c3cccc4cc(C)cnc34)CC2)NC(=O)NC1. The van der Waals surface area contributed by atoms with E-state index in [0.29, 0.717) is 49.5 Å². The van der Waals surface area contributed by atoms with Gasteiger partial charge in [-0.3, -0.25) is 9.88 Å². The van der Waals surface area contributed by atoms with Crippen LogP contribution in [0.15, 0.2) is 46.6 Å². The summed E-state index contributed by atoms with van der Waals surface area (Å²) in [5.41, 5.74) is 2.30. The van der Waals surface area contributed by atoms with Gasteiger partial charge < -0.3 is 15.4 Å². The molecule has 0 unspecified atom stereocenters. The number of hydrogen-bond acceptors (Lipinski definition) is 7. The molecule has 2 aliphatic heterocycles. The average molecular weight is 474 g/mol. The molecule has 1 aromatic carbocycles. The van der Waals surface area contributed by atoms with E-state index in [1.54, 1.807) is 25.3 Å². The lowest BCUT2D eigenvalue weighted by atomic mass is 10.1. The molecule has 2 aliphatic rings. The predicted molar refractivity (Wildman–Crippen MR) is 122 cm³/mol. The first-order valence-electron chi connectivity index (χ1n) is 10.8. The molecule has 33 heavy (non-hydrogen) atoms. The zero-order chi connectivity index (χ0) is 23.6. The number of para-hydroxylation sites is 1.